The Morgan fingerprint density at radius 2 is 2.11 bits per heavy atom. The molecule has 1 saturated carbocycles. The van der Waals surface area contributed by atoms with Crippen LogP contribution in [0.1, 0.15) is 47.2 Å². The third-order valence-electron chi connectivity index (χ3n) is 7.23. The van der Waals surface area contributed by atoms with Crippen LogP contribution in [0.15, 0.2) is 41.3 Å². The number of anilines is 1. The normalized spacial score (nSPS) is 23.9. The zero-order valence-electron chi connectivity index (χ0n) is 21.6. The molecule has 202 valence electrons. The number of aliphatic hydroxyl groups is 1. The molecule has 3 aliphatic rings. The Balaban J connectivity index is 1.47. The van der Waals surface area contributed by atoms with Crippen LogP contribution in [0.3, 0.4) is 0 Å². The maximum absolute atomic E-state index is 14.2. The van der Waals surface area contributed by atoms with E-state index >= 15 is 0 Å². The summed E-state index contributed by atoms with van der Waals surface area (Å²) < 4.78 is 31.6. The zero-order chi connectivity index (χ0) is 27.0. The van der Waals surface area contributed by atoms with Crippen molar-refractivity contribution in [2.24, 2.45) is 5.92 Å². The fourth-order valence-electron chi connectivity index (χ4n) is 5.13. The molecular formula is C28H31FN2O6S. The Morgan fingerprint density at radius 1 is 1.29 bits per heavy atom. The minimum Gasteiger partial charge on any atom is -0.492 e. The number of amides is 1. The number of hydrogen-bond donors (Lipinski definition) is 1. The van der Waals surface area contributed by atoms with E-state index in [1.165, 1.54) is 30.7 Å². The van der Waals surface area contributed by atoms with E-state index in [0.29, 0.717) is 54.2 Å². The smallest absolute Gasteiger partial charge is 0.424 e. The zero-order valence-corrected chi connectivity index (χ0v) is 22.4. The third kappa shape index (κ3) is 5.39. The maximum Gasteiger partial charge on any atom is 0.424 e. The predicted molar refractivity (Wildman–Crippen MR) is 142 cm³/mol. The van der Waals surface area contributed by atoms with Gasteiger partial charge < -0.3 is 19.3 Å². The van der Waals surface area contributed by atoms with Crippen LogP contribution >= 0.6 is 11.9 Å². The van der Waals surface area contributed by atoms with Crippen molar-refractivity contribution in [3.63, 3.8) is 0 Å². The molecule has 10 heteroatoms. The molecule has 5 rings (SSSR count). The highest BCUT2D eigenvalue weighted by atomic mass is 32.2. The van der Waals surface area contributed by atoms with Gasteiger partial charge in [-0.05, 0) is 73.0 Å². The molecule has 2 aliphatic heterocycles. The molecule has 8 nitrogen and oxygen atoms in total. The van der Waals surface area contributed by atoms with E-state index in [0.717, 1.165) is 30.5 Å². The number of halogens is 1. The van der Waals surface area contributed by atoms with Gasteiger partial charge >= 0.3 is 12.1 Å². The number of nitrogens with zero attached hydrogens (tertiary/aromatic N) is 2. The minimum atomic E-state index is -0.709. The minimum absolute atomic E-state index is 0.161. The van der Waals surface area contributed by atoms with Gasteiger partial charge in [0.1, 0.15) is 17.1 Å². The molecule has 1 aliphatic carbocycles. The first-order valence-corrected chi connectivity index (χ1v) is 13.3. The monoisotopic (exact) mass is 542 g/mol. The maximum atomic E-state index is 14.2. The summed E-state index contributed by atoms with van der Waals surface area (Å²) in [6.07, 6.45) is 4.69. The number of hydrogen-bond acceptors (Lipinski definition) is 8. The van der Waals surface area contributed by atoms with Gasteiger partial charge in [-0.3, -0.25) is 4.90 Å². The van der Waals surface area contributed by atoms with E-state index < -0.39 is 23.5 Å². The predicted octanol–water partition coefficient (Wildman–Crippen LogP) is 4.86. The molecule has 1 N–H and O–H groups in total. The highest BCUT2D eigenvalue weighted by molar-refractivity contribution is 8.01. The molecule has 2 fully saturated rings. The van der Waals surface area contributed by atoms with Gasteiger partial charge in [-0.1, -0.05) is 18.2 Å². The first kappa shape index (κ1) is 26.5. The first-order valence-electron chi connectivity index (χ1n) is 12.6. The Hall–Kier alpha value is -3.08. The third-order valence-corrected chi connectivity index (χ3v) is 8.33. The molecule has 2 aromatic carbocycles. The summed E-state index contributed by atoms with van der Waals surface area (Å²) in [5, 5.41) is 10.2. The number of likely N-dealkylation sites (tertiary alicyclic amines) is 1. The summed E-state index contributed by atoms with van der Waals surface area (Å²) >= 11 is 1.02. The molecule has 3 atom stereocenters. The largest absolute Gasteiger partial charge is 0.492 e. The van der Waals surface area contributed by atoms with Crippen LogP contribution in [0.5, 0.6) is 5.75 Å². The van der Waals surface area contributed by atoms with Crippen LogP contribution in [0, 0.1) is 11.7 Å². The van der Waals surface area contributed by atoms with Gasteiger partial charge in [0.25, 0.3) is 0 Å². The summed E-state index contributed by atoms with van der Waals surface area (Å²) in [4.78, 5) is 28.7. The number of β-amino-alcohol motifs (C(OH)–C–C–N with tert-alkyl or cyclic N) is 1. The number of carbonyl (C=O) groups is 2. The molecule has 0 radical (unpaired) electrons. The van der Waals surface area contributed by atoms with Crippen molar-refractivity contribution in [1.82, 2.24) is 4.90 Å². The summed E-state index contributed by atoms with van der Waals surface area (Å²) in [5.41, 5.74) is 1.22. The van der Waals surface area contributed by atoms with E-state index in [9.17, 15) is 19.1 Å². The van der Waals surface area contributed by atoms with E-state index in [1.54, 1.807) is 18.2 Å². The first-order chi connectivity index (χ1) is 18.2. The van der Waals surface area contributed by atoms with Gasteiger partial charge in [-0.25, -0.2) is 18.3 Å². The molecule has 3 unspecified atom stereocenters. The second kappa shape index (κ2) is 10.6. The average Bonchev–Trinajstić information content (AvgIpc) is 3.62. The van der Waals surface area contributed by atoms with Crippen molar-refractivity contribution in [2.45, 2.75) is 36.2 Å². The van der Waals surface area contributed by atoms with Crippen molar-refractivity contribution in [2.75, 3.05) is 44.8 Å². The van der Waals surface area contributed by atoms with Gasteiger partial charge in [-0.2, -0.15) is 0 Å². The highest BCUT2D eigenvalue weighted by Gasteiger charge is 2.46. The molecule has 38 heavy (non-hydrogen) atoms. The van der Waals surface area contributed by atoms with Crippen molar-refractivity contribution in [3.8, 4) is 5.75 Å². The van der Waals surface area contributed by atoms with E-state index in [4.69, 9.17) is 14.2 Å². The van der Waals surface area contributed by atoms with E-state index in [2.05, 4.69) is 4.90 Å². The number of esters is 1. The summed E-state index contributed by atoms with van der Waals surface area (Å²) in [7, 11) is 2.54. The van der Waals surface area contributed by atoms with Gasteiger partial charge in [0, 0.05) is 30.4 Å². The van der Waals surface area contributed by atoms with Crippen LogP contribution in [-0.2, 0) is 9.47 Å². The lowest BCUT2D eigenvalue weighted by Crippen LogP contribution is -2.29. The Bertz CT molecular complexity index is 1280. The van der Waals surface area contributed by atoms with Crippen LogP contribution in [0.2, 0.25) is 0 Å². The molecule has 1 amide bonds. The Morgan fingerprint density at radius 3 is 2.82 bits per heavy atom. The average molecular weight is 543 g/mol. The van der Waals surface area contributed by atoms with Crippen molar-refractivity contribution < 1.29 is 33.3 Å². The molecule has 0 aromatic heterocycles. The van der Waals surface area contributed by atoms with Gasteiger partial charge in [0.15, 0.2) is 0 Å². The quantitative estimate of drug-likeness (QED) is 0.392. The van der Waals surface area contributed by atoms with Crippen LogP contribution < -0.4 is 9.04 Å². The van der Waals surface area contributed by atoms with Gasteiger partial charge in [0.2, 0.25) is 0 Å². The van der Waals surface area contributed by atoms with Crippen molar-refractivity contribution in [3.05, 3.63) is 58.9 Å². The number of fused-ring (bicyclic) bond motifs is 3. The second-order valence-corrected chi connectivity index (χ2v) is 11.2. The van der Waals surface area contributed by atoms with Gasteiger partial charge in [-0.15, -0.1) is 0 Å². The van der Waals surface area contributed by atoms with Gasteiger partial charge in [0.05, 0.1) is 32.1 Å². The summed E-state index contributed by atoms with van der Waals surface area (Å²) in [5.74, 6) is 0.183. The highest BCUT2D eigenvalue weighted by Crippen LogP contribution is 2.56. The van der Waals surface area contributed by atoms with Crippen molar-refractivity contribution in [1.29, 1.82) is 0 Å². The number of methoxy groups -OCH3 is 2. The lowest BCUT2D eigenvalue weighted by Gasteiger charge is -2.26. The van der Waals surface area contributed by atoms with Crippen LogP contribution in [0.25, 0.3) is 6.08 Å². The molecule has 1 saturated heterocycles. The lowest BCUT2D eigenvalue weighted by molar-refractivity contribution is 0.0595. The van der Waals surface area contributed by atoms with Crippen molar-refractivity contribution >= 4 is 35.8 Å². The SMILES string of the molecule is COC(=O)c1c(N(Sc2ccc(F)cc2/C=C\CN2CCC(C)(O)C2)C(=O)OC)ccc2c1OCC1CC21. The molecule has 2 heterocycles. The molecule has 2 aromatic rings. The summed E-state index contributed by atoms with van der Waals surface area (Å²) in [6, 6.07) is 7.87. The standard InChI is InChI=1S/C28H31FN2O6S/c1-28(34)10-12-30(16-28)11-4-5-17-13-19(29)6-9-23(17)38-31(27(33)36-3)22-8-7-20-21-14-18(21)15-37-25(20)24(22)26(32)35-2/h4-9,13,18,21,34H,10-12,14-16H2,1-3H3/b5-4-. The number of carbonyl (C=O) groups excluding carboxylic acids is 2. The fourth-order valence-corrected chi connectivity index (χ4v) is 6.09. The lowest BCUT2D eigenvalue weighted by atomic mass is 10.00. The van der Waals surface area contributed by atoms with E-state index in [1.807, 2.05) is 19.1 Å². The van der Waals surface area contributed by atoms with Crippen LogP contribution in [0.4, 0.5) is 14.9 Å². The second-order valence-electron chi connectivity index (χ2n) is 10.2. The molecule has 0 bridgehead atoms. The Kier molecular flexibility index (Phi) is 7.39. The van der Waals surface area contributed by atoms with Crippen LogP contribution in [-0.4, -0.2) is 68.1 Å². The number of ether oxygens (including phenoxy) is 3. The molecule has 0 spiro atoms. The molecular weight excluding hydrogens is 511 g/mol. The summed E-state index contributed by atoms with van der Waals surface area (Å²) in [6.45, 7) is 4.26. The fraction of sp³-hybridized carbons (Fsp3) is 0.429. The van der Waals surface area contributed by atoms with E-state index in [-0.39, 0.29) is 11.3 Å². The topological polar surface area (TPSA) is 88.5 Å². The Labute approximate surface area is 225 Å². The number of rotatable bonds is 7. The number of benzene rings is 2.